The Hall–Kier alpha value is -2.19. The molecular formula is C16H22N2O5S. The Morgan fingerprint density at radius 2 is 1.92 bits per heavy atom. The molecule has 1 rings (SSSR count). The zero-order valence-electron chi connectivity index (χ0n) is 14.0. The molecule has 0 unspecified atom stereocenters. The first kappa shape index (κ1) is 19.9. The number of benzene rings is 1. The second kappa shape index (κ2) is 9.19. The molecule has 1 aromatic rings. The maximum Gasteiger partial charge on any atom is 0.330 e. The molecule has 0 aromatic heterocycles. The van der Waals surface area contributed by atoms with Crippen molar-refractivity contribution in [2.24, 2.45) is 0 Å². The molecule has 0 heterocycles. The summed E-state index contributed by atoms with van der Waals surface area (Å²) in [5.41, 5.74) is 0.315. The van der Waals surface area contributed by atoms with Gasteiger partial charge in [0.25, 0.3) is 5.91 Å². The van der Waals surface area contributed by atoms with Gasteiger partial charge in [0.15, 0.2) is 6.61 Å². The van der Waals surface area contributed by atoms with E-state index in [1.807, 2.05) is 0 Å². The molecule has 0 fully saturated rings. The average molecular weight is 354 g/mol. The van der Waals surface area contributed by atoms with Crippen LogP contribution in [0.4, 0.5) is 5.69 Å². The van der Waals surface area contributed by atoms with Crippen molar-refractivity contribution in [3.05, 3.63) is 36.4 Å². The number of nitrogens with one attached hydrogen (secondary N) is 1. The van der Waals surface area contributed by atoms with Crippen LogP contribution in [0.3, 0.4) is 0 Å². The molecule has 0 aliphatic carbocycles. The van der Waals surface area contributed by atoms with Crippen molar-refractivity contribution in [2.75, 3.05) is 25.0 Å². The summed E-state index contributed by atoms with van der Waals surface area (Å²) in [4.78, 5) is 23.0. The molecule has 0 atom stereocenters. The number of ether oxygens (including phenoxy) is 1. The molecule has 0 spiro atoms. The Balaban J connectivity index is 2.82. The number of hydrogen-bond donors (Lipinski definition) is 1. The third kappa shape index (κ3) is 5.47. The molecule has 0 bridgehead atoms. The van der Waals surface area contributed by atoms with E-state index in [4.69, 9.17) is 4.74 Å². The summed E-state index contributed by atoms with van der Waals surface area (Å²) < 4.78 is 31.0. The van der Waals surface area contributed by atoms with Crippen LogP contribution in [0.25, 0.3) is 0 Å². The number of nitrogens with zero attached hydrogens (tertiary/aromatic N) is 1. The van der Waals surface area contributed by atoms with Gasteiger partial charge in [-0.15, -0.1) is 0 Å². The van der Waals surface area contributed by atoms with Crippen LogP contribution in [-0.2, 0) is 24.3 Å². The van der Waals surface area contributed by atoms with E-state index in [1.165, 1.54) is 34.7 Å². The summed E-state index contributed by atoms with van der Waals surface area (Å²) in [5.74, 6) is -1.17. The van der Waals surface area contributed by atoms with Crippen molar-refractivity contribution < 1.29 is 22.7 Å². The van der Waals surface area contributed by atoms with Crippen LogP contribution in [0.1, 0.15) is 20.8 Å². The van der Waals surface area contributed by atoms with Crippen LogP contribution in [0.2, 0.25) is 0 Å². The van der Waals surface area contributed by atoms with E-state index in [9.17, 15) is 18.0 Å². The Labute approximate surface area is 142 Å². The number of rotatable bonds is 8. The minimum Gasteiger partial charge on any atom is -0.452 e. The van der Waals surface area contributed by atoms with Crippen LogP contribution in [-0.4, -0.2) is 44.3 Å². The molecule has 1 amide bonds. The van der Waals surface area contributed by atoms with Gasteiger partial charge in [0, 0.05) is 24.9 Å². The highest BCUT2D eigenvalue weighted by atomic mass is 32.2. The fraction of sp³-hybridized carbons (Fsp3) is 0.375. The van der Waals surface area contributed by atoms with Gasteiger partial charge in [0.2, 0.25) is 10.0 Å². The van der Waals surface area contributed by atoms with Crippen molar-refractivity contribution in [1.29, 1.82) is 0 Å². The van der Waals surface area contributed by atoms with E-state index in [-0.39, 0.29) is 4.90 Å². The highest BCUT2D eigenvalue weighted by molar-refractivity contribution is 7.89. The molecular weight excluding hydrogens is 332 g/mol. The number of carbonyl (C=O) groups excluding carboxylic acids is 2. The van der Waals surface area contributed by atoms with Gasteiger partial charge in [-0.05, 0) is 25.1 Å². The van der Waals surface area contributed by atoms with Crippen LogP contribution in [0.15, 0.2) is 41.3 Å². The summed E-state index contributed by atoms with van der Waals surface area (Å²) >= 11 is 0. The molecule has 0 aliphatic heterocycles. The molecule has 1 aromatic carbocycles. The molecule has 0 aliphatic rings. The topological polar surface area (TPSA) is 92.8 Å². The number of allylic oxidation sites excluding steroid dienone is 1. The van der Waals surface area contributed by atoms with Crippen molar-refractivity contribution in [1.82, 2.24) is 4.31 Å². The number of hydrogen-bond acceptors (Lipinski definition) is 5. The van der Waals surface area contributed by atoms with Gasteiger partial charge < -0.3 is 10.1 Å². The maximum absolute atomic E-state index is 12.5. The predicted molar refractivity (Wildman–Crippen MR) is 91.0 cm³/mol. The van der Waals surface area contributed by atoms with Gasteiger partial charge in [0.05, 0.1) is 4.90 Å². The van der Waals surface area contributed by atoms with Crippen LogP contribution >= 0.6 is 0 Å². The van der Waals surface area contributed by atoms with Gasteiger partial charge in [0.1, 0.15) is 0 Å². The smallest absolute Gasteiger partial charge is 0.330 e. The van der Waals surface area contributed by atoms with Gasteiger partial charge >= 0.3 is 5.97 Å². The third-order valence-electron chi connectivity index (χ3n) is 3.11. The van der Waals surface area contributed by atoms with Crippen molar-refractivity contribution in [2.45, 2.75) is 25.7 Å². The van der Waals surface area contributed by atoms with Crippen molar-refractivity contribution in [3.8, 4) is 0 Å². The summed E-state index contributed by atoms with van der Waals surface area (Å²) in [6, 6.07) is 5.94. The van der Waals surface area contributed by atoms with Gasteiger partial charge in [-0.25, -0.2) is 13.2 Å². The monoisotopic (exact) mass is 354 g/mol. The fourth-order valence-corrected chi connectivity index (χ4v) is 3.47. The largest absolute Gasteiger partial charge is 0.452 e. The lowest BCUT2D eigenvalue weighted by Crippen LogP contribution is -2.30. The summed E-state index contributed by atoms with van der Waals surface area (Å²) in [7, 11) is -3.61. The Bertz CT molecular complexity index is 709. The molecule has 7 nitrogen and oxygen atoms in total. The molecule has 24 heavy (non-hydrogen) atoms. The van der Waals surface area contributed by atoms with E-state index in [2.05, 4.69) is 5.32 Å². The highest BCUT2D eigenvalue weighted by Gasteiger charge is 2.21. The first-order chi connectivity index (χ1) is 11.3. The molecule has 8 heteroatoms. The van der Waals surface area contributed by atoms with Crippen molar-refractivity contribution in [3.63, 3.8) is 0 Å². The number of anilines is 1. The fourth-order valence-electron chi connectivity index (χ4n) is 1.96. The minimum absolute atomic E-state index is 0.0925. The van der Waals surface area contributed by atoms with E-state index < -0.39 is 28.5 Å². The summed E-state index contributed by atoms with van der Waals surface area (Å²) in [6.07, 6.45) is 2.70. The van der Waals surface area contributed by atoms with Crippen LogP contribution < -0.4 is 5.32 Å². The van der Waals surface area contributed by atoms with E-state index in [1.54, 1.807) is 26.8 Å². The Morgan fingerprint density at radius 3 is 2.50 bits per heavy atom. The lowest BCUT2D eigenvalue weighted by Gasteiger charge is -2.18. The zero-order chi connectivity index (χ0) is 18.2. The normalized spacial score (nSPS) is 11.7. The highest BCUT2D eigenvalue weighted by Crippen LogP contribution is 2.19. The van der Waals surface area contributed by atoms with Crippen molar-refractivity contribution >= 4 is 27.6 Å². The molecule has 1 N–H and O–H groups in total. The SMILES string of the molecule is C/C=C/C(=O)OCC(=O)Nc1cccc(S(=O)(=O)N(CC)CC)c1. The van der Waals surface area contributed by atoms with E-state index in [0.29, 0.717) is 18.8 Å². The Morgan fingerprint density at radius 1 is 1.25 bits per heavy atom. The minimum atomic E-state index is -3.61. The standard InChI is InChI=1S/C16H22N2O5S/c1-4-8-16(20)23-12-15(19)17-13-9-7-10-14(11-13)24(21,22)18(5-2)6-3/h4,7-11H,5-6,12H2,1-3H3,(H,17,19)/b8-4+. The van der Waals surface area contributed by atoms with Crippen LogP contribution in [0.5, 0.6) is 0 Å². The average Bonchev–Trinajstić information content (AvgIpc) is 2.54. The summed E-state index contributed by atoms with van der Waals surface area (Å²) in [6.45, 7) is 5.43. The summed E-state index contributed by atoms with van der Waals surface area (Å²) in [5, 5.41) is 2.50. The predicted octanol–water partition coefficient (Wildman–Crippen LogP) is 1.77. The lowest BCUT2D eigenvalue weighted by molar-refractivity contribution is -0.142. The zero-order valence-corrected chi connectivity index (χ0v) is 14.8. The number of sulfonamides is 1. The maximum atomic E-state index is 12.5. The van der Waals surface area contributed by atoms with E-state index in [0.717, 1.165) is 0 Å². The molecule has 132 valence electrons. The van der Waals surface area contributed by atoms with Crippen LogP contribution in [0, 0.1) is 0 Å². The molecule has 0 saturated carbocycles. The third-order valence-corrected chi connectivity index (χ3v) is 5.16. The van der Waals surface area contributed by atoms with Gasteiger partial charge in [-0.1, -0.05) is 26.0 Å². The second-order valence-corrected chi connectivity index (χ2v) is 6.71. The number of esters is 1. The molecule has 0 saturated heterocycles. The van der Waals surface area contributed by atoms with Gasteiger partial charge in [-0.3, -0.25) is 4.79 Å². The number of carbonyl (C=O) groups is 2. The first-order valence-corrected chi connectivity index (χ1v) is 8.98. The first-order valence-electron chi connectivity index (χ1n) is 7.54. The Kier molecular flexibility index (Phi) is 7.60. The quantitative estimate of drug-likeness (QED) is 0.567. The van der Waals surface area contributed by atoms with E-state index >= 15 is 0 Å². The number of amides is 1. The lowest BCUT2D eigenvalue weighted by atomic mass is 10.3. The second-order valence-electron chi connectivity index (χ2n) is 4.77. The molecule has 0 radical (unpaired) electrons. The van der Waals surface area contributed by atoms with Gasteiger partial charge in [-0.2, -0.15) is 4.31 Å².